The first-order valence-corrected chi connectivity index (χ1v) is 7.01. The summed E-state index contributed by atoms with van der Waals surface area (Å²) in [5, 5.41) is 3.11. The lowest BCUT2D eigenvalue weighted by Gasteiger charge is -2.30. The highest BCUT2D eigenvalue weighted by Crippen LogP contribution is 2.19. The van der Waals surface area contributed by atoms with Crippen LogP contribution in [0.2, 0.25) is 0 Å². The van der Waals surface area contributed by atoms with E-state index >= 15 is 0 Å². The number of hydrogen-bond donors (Lipinski definition) is 1. The molecule has 1 unspecified atom stereocenters. The molecule has 1 aromatic carbocycles. The average Bonchev–Trinajstić information content (AvgIpc) is 2.15. The zero-order chi connectivity index (χ0) is 11.8. The topological polar surface area (TPSA) is 46.2 Å². The van der Waals surface area contributed by atoms with Gasteiger partial charge in [-0.2, -0.15) is 0 Å². The van der Waals surface area contributed by atoms with Crippen molar-refractivity contribution in [2.45, 2.75) is 19.0 Å². The highest BCUT2D eigenvalue weighted by atomic mass is 32.2. The molecule has 5 heteroatoms. The van der Waals surface area contributed by atoms with Gasteiger partial charge < -0.3 is 5.32 Å². The Bertz CT molecular complexity index is 475. The monoisotopic (exact) mass is 243 g/mol. The molecule has 1 saturated heterocycles. The molecular weight excluding hydrogens is 229 g/mol. The molecule has 0 aromatic heterocycles. The van der Waals surface area contributed by atoms with Gasteiger partial charge in [-0.3, -0.25) is 0 Å². The quantitative estimate of drug-likeness (QED) is 0.869. The maximum absolute atomic E-state index is 13.4. The lowest BCUT2D eigenvalue weighted by atomic mass is 10.1. The Morgan fingerprint density at radius 2 is 2.00 bits per heavy atom. The molecule has 0 aliphatic carbocycles. The van der Waals surface area contributed by atoms with Gasteiger partial charge in [0, 0.05) is 17.6 Å². The number of rotatable bonds is 3. The van der Waals surface area contributed by atoms with Crippen LogP contribution in [0.1, 0.15) is 18.5 Å². The number of benzene rings is 1. The lowest BCUT2D eigenvalue weighted by Crippen LogP contribution is -2.51. The maximum Gasteiger partial charge on any atom is 0.153 e. The highest BCUT2D eigenvalue weighted by molar-refractivity contribution is 7.92. The van der Waals surface area contributed by atoms with Gasteiger partial charge in [0.1, 0.15) is 5.82 Å². The number of hydrogen-bond acceptors (Lipinski definition) is 3. The van der Waals surface area contributed by atoms with E-state index < -0.39 is 9.84 Å². The first-order valence-electron chi connectivity index (χ1n) is 5.19. The maximum atomic E-state index is 13.4. The summed E-state index contributed by atoms with van der Waals surface area (Å²) in [5.74, 6) is 0.0575. The van der Waals surface area contributed by atoms with Crippen molar-refractivity contribution in [2.24, 2.45) is 0 Å². The fourth-order valence-corrected chi connectivity index (χ4v) is 3.25. The van der Waals surface area contributed by atoms with Gasteiger partial charge in [-0.05, 0) is 13.0 Å². The van der Waals surface area contributed by atoms with Crippen molar-refractivity contribution in [2.75, 3.05) is 11.5 Å². The molecule has 1 N–H and O–H groups in total. The van der Waals surface area contributed by atoms with Gasteiger partial charge in [0.15, 0.2) is 9.84 Å². The summed E-state index contributed by atoms with van der Waals surface area (Å²) in [4.78, 5) is 0. The van der Waals surface area contributed by atoms with Gasteiger partial charge in [0.05, 0.1) is 11.5 Å². The lowest BCUT2D eigenvalue weighted by molar-refractivity contribution is 0.455. The Hall–Kier alpha value is -0.940. The third-order valence-corrected chi connectivity index (χ3v) is 4.59. The van der Waals surface area contributed by atoms with Crippen LogP contribution in [0.3, 0.4) is 0 Å². The number of sulfone groups is 1. The van der Waals surface area contributed by atoms with Crippen LogP contribution in [-0.4, -0.2) is 26.0 Å². The molecule has 1 aromatic rings. The summed E-state index contributed by atoms with van der Waals surface area (Å²) in [6.45, 7) is 1.84. The van der Waals surface area contributed by atoms with Crippen LogP contribution in [-0.2, 0) is 9.84 Å². The molecule has 0 saturated carbocycles. The van der Waals surface area contributed by atoms with E-state index in [9.17, 15) is 12.8 Å². The van der Waals surface area contributed by atoms with E-state index in [0.29, 0.717) is 5.56 Å². The minimum atomic E-state index is -2.82. The Balaban J connectivity index is 1.99. The van der Waals surface area contributed by atoms with Crippen LogP contribution in [0.4, 0.5) is 4.39 Å². The van der Waals surface area contributed by atoms with Crippen LogP contribution in [0.5, 0.6) is 0 Å². The smallest absolute Gasteiger partial charge is 0.153 e. The van der Waals surface area contributed by atoms with Crippen LogP contribution in [0, 0.1) is 5.82 Å². The predicted octanol–water partition coefficient (Wildman–Crippen LogP) is 1.27. The van der Waals surface area contributed by atoms with Gasteiger partial charge in [0.2, 0.25) is 0 Å². The molecular formula is C11H14FNO2S. The Morgan fingerprint density at radius 1 is 1.38 bits per heavy atom. The Morgan fingerprint density at radius 3 is 2.56 bits per heavy atom. The fourth-order valence-electron chi connectivity index (χ4n) is 1.93. The molecule has 0 radical (unpaired) electrons. The van der Waals surface area contributed by atoms with E-state index in [4.69, 9.17) is 0 Å². The highest BCUT2D eigenvalue weighted by Gasteiger charge is 2.34. The zero-order valence-electron chi connectivity index (χ0n) is 8.98. The van der Waals surface area contributed by atoms with Crippen LogP contribution in [0.25, 0.3) is 0 Å². The predicted molar refractivity (Wildman–Crippen MR) is 60.4 cm³/mol. The van der Waals surface area contributed by atoms with Crippen molar-refractivity contribution in [1.29, 1.82) is 0 Å². The summed E-state index contributed by atoms with van der Waals surface area (Å²) in [7, 11) is -2.82. The fraction of sp³-hybridized carbons (Fsp3) is 0.455. The van der Waals surface area contributed by atoms with Crippen molar-refractivity contribution in [3.8, 4) is 0 Å². The SMILES string of the molecule is CC(NC1CS(=O)(=O)C1)c1ccccc1F. The van der Waals surface area contributed by atoms with E-state index in [2.05, 4.69) is 5.32 Å². The van der Waals surface area contributed by atoms with E-state index in [0.717, 1.165) is 0 Å². The standard InChI is InChI=1S/C11H14FNO2S/c1-8(10-4-2-3-5-11(10)12)13-9-6-16(14,15)7-9/h2-5,8-9,13H,6-7H2,1H3. The van der Waals surface area contributed by atoms with Crippen molar-refractivity contribution in [1.82, 2.24) is 5.32 Å². The van der Waals surface area contributed by atoms with Crippen LogP contribution >= 0.6 is 0 Å². The summed E-state index contributed by atoms with van der Waals surface area (Å²) in [6.07, 6.45) is 0. The van der Waals surface area contributed by atoms with Gasteiger partial charge in [-0.15, -0.1) is 0 Å². The molecule has 0 amide bonds. The van der Waals surface area contributed by atoms with E-state index in [-0.39, 0.29) is 29.4 Å². The molecule has 3 nitrogen and oxygen atoms in total. The first-order chi connectivity index (χ1) is 7.48. The molecule has 1 heterocycles. The molecule has 0 spiro atoms. The second-order valence-electron chi connectivity index (χ2n) is 4.18. The summed E-state index contributed by atoms with van der Waals surface area (Å²) in [5.41, 5.74) is 0.576. The molecule has 1 atom stereocenters. The first kappa shape index (κ1) is 11.5. The second-order valence-corrected chi connectivity index (χ2v) is 6.34. The van der Waals surface area contributed by atoms with Crippen molar-refractivity contribution in [3.05, 3.63) is 35.6 Å². The summed E-state index contributed by atoms with van der Waals surface area (Å²) < 4.78 is 35.3. The zero-order valence-corrected chi connectivity index (χ0v) is 9.80. The third kappa shape index (κ3) is 2.41. The molecule has 16 heavy (non-hydrogen) atoms. The second kappa shape index (κ2) is 4.14. The number of halogens is 1. The van der Waals surface area contributed by atoms with Crippen molar-refractivity contribution in [3.63, 3.8) is 0 Å². The molecule has 0 bridgehead atoms. The summed E-state index contributed by atoms with van der Waals surface area (Å²) in [6, 6.07) is 6.32. The Kier molecular flexibility index (Phi) is 2.99. The largest absolute Gasteiger partial charge is 0.305 e. The normalized spacial score (nSPS) is 21.4. The third-order valence-electron chi connectivity index (χ3n) is 2.77. The van der Waals surface area contributed by atoms with Crippen molar-refractivity contribution < 1.29 is 12.8 Å². The molecule has 2 rings (SSSR count). The van der Waals surface area contributed by atoms with E-state index in [1.54, 1.807) is 18.2 Å². The van der Waals surface area contributed by atoms with E-state index in [1.165, 1.54) is 6.07 Å². The molecule has 88 valence electrons. The molecule has 1 aliphatic heterocycles. The molecule has 1 fully saturated rings. The van der Waals surface area contributed by atoms with Gasteiger partial charge >= 0.3 is 0 Å². The Labute approximate surface area is 94.6 Å². The summed E-state index contributed by atoms with van der Waals surface area (Å²) >= 11 is 0. The van der Waals surface area contributed by atoms with Crippen LogP contribution in [0.15, 0.2) is 24.3 Å². The van der Waals surface area contributed by atoms with Gasteiger partial charge in [0.25, 0.3) is 0 Å². The van der Waals surface area contributed by atoms with Gasteiger partial charge in [-0.1, -0.05) is 18.2 Å². The average molecular weight is 243 g/mol. The molecule has 1 aliphatic rings. The van der Waals surface area contributed by atoms with Crippen LogP contribution < -0.4 is 5.32 Å². The number of nitrogens with one attached hydrogen (secondary N) is 1. The minimum absolute atomic E-state index is 0.0420. The van der Waals surface area contributed by atoms with Crippen molar-refractivity contribution >= 4 is 9.84 Å². The minimum Gasteiger partial charge on any atom is -0.305 e. The van der Waals surface area contributed by atoms with Gasteiger partial charge in [-0.25, -0.2) is 12.8 Å². The van der Waals surface area contributed by atoms with E-state index in [1.807, 2.05) is 6.92 Å².